The number of aliphatic hydroxyl groups is 1. The lowest BCUT2D eigenvalue weighted by molar-refractivity contribution is -0.132. The van der Waals surface area contributed by atoms with Crippen molar-refractivity contribution in [2.75, 3.05) is 18.1 Å². The van der Waals surface area contributed by atoms with Crippen LogP contribution in [0.5, 0.6) is 17.2 Å². The van der Waals surface area contributed by atoms with Gasteiger partial charge < -0.3 is 24.7 Å². The Morgan fingerprint density at radius 1 is 1.16 bits per heavy atom. The maximum atomic E-state index is 13.5. The van der Waals surface area contributed by atoms with Gasteiger partial charge in [-0.3, -0.25) is 14.5 Å². The summed E-state index contributed by atoms with van der Waals surface area (Å²) in [6, 6.07) is 16.1. The molecule has 0 bridgehead atoms. The summed E-state index contributed by atoms with van der Waals surface area (Å²) in [4.78, 5) is 35.9. The van der Waals surface area contributed by atoms with Gasteiger partial charge in [-0.15, -0.1) is 0 Å². The molecule has 1 fully saturated rings. The highest BCUT2D eigenvalue weighted by atomic mass is 16.5. The second-order valence-electron chi connectivity index (χ2n) is 9.18. The second-order valence-corrected chi connectivity index (χ2v) is 9.18. The summed E-state index contributed by atoms with van der Waals surface area (Å²) in [5.41, 5.74) is 3.03. The number of aliphatic hydroxyl groups excluding tert-OH is 1. The van der Waals surface area contributed by atoms with Crippen LogP contribution in [0.25, 0.3) is 16.8 Å². The summed E-state index contributed by atoms with van der Waals surface area (Å²) >= 11 is 0. The number of carbonyl (C=O) groups is 2. The summed E-state index contributed by atoms with van der Waals surface area (Å²) in [5.74, 6) is -0.937. The van der Waals surface area contributed by atoms with Gasteiger partial charge in [0, 0.05) is 5.56 Å². The maximum Gasteiger partial charge on any atom is 0.302 e. The molecule has 1 amide bonds. The van der Waals surface area contributed by atoms with E-state index in [-0.39, 0.29) is 28.8 Å². The van der Waals surface area contributed by atoms with E-state index in [1.807, 2.05) is 18.2 Å². The van der Waals surface area contributed by atoms with Crippen LogP contribution in [0, 0.1) is 0 Å². The number of aryl methyl sites for hydroxylation is 1. The van der Waals surface area contributed by atoms with Crippen LogP contribution < -0.4 is 14.4 Å². The fourth-order valence-electron chi connectivity index (χ4n) is 5.05. The summed E-state index contributed by atoms with van der Waals surface area (Å²) < 4.78 is 11.3. The van der Waals surface area contributed by atoms with E-state index in [4.69, 9.17) is 9.47 Å². The van der Waals surface area contributed by atoms with Crippen LogP contribution in [-0.4, -0.2) is 45.1 Å². The molecule has 0 radical (unpaired) electrons. The van der Waals surface area contributed by atoms with Crippen LogP contribution in [0.4, 0.5) is 5.95 Å². The van der Waals surface area contributed by atoms with Crippen molar-refractivity contribution < 1.29 is 29.3 Å². The molecule has 9 heteroatoms. The Hall–Kier alpha value is -4.79. The molecule has 9 nitrogen and oxygen atoms in total. The maximum absolute atomic E-state index is 13.5. The van der Waals surface area contributed by atoms with Gasteiger partial charge in [0.25, 0.3) is 5.78 Å². The van der Waals surface area contributed by atoms with Gasteiger partial charge in [0.1, 0.15) is 11.5 Å². The first-order valence-corrected chi connectivity index (χ1v) is 12.4. The highest BCUT2D eigenvalue weighted by Crippen LogP contribution is 2.44. The number of ketones is 1. The van der Waals surface area contributed by atoms with E-state index in [2.05, 4.69) is 9.97 Å². The van der Waals surface area contributed by atoms with Gasteiger partial charge in [-0.1, -0.05) is 18.2 Å². The topological polar surface area (TPSA) is 125 Å². The molecule has 192 valence electrons. The number of rotatable bonds is 5. The summed E-state index contributed by atoms with van der Waals surface area (Å²) in [7, 11) is 0. The molecule has 2 aliphatic heterocycles. The number of aromatic nitrogens is 2. The Bertz CT molecular complexity index is 1590. The van der Waals surface area contributed by atoms with E-state index in [1.54, 1.807) is 43.3 Å². The number of aromatic amines is 1. The first-order chi connectivity index (χ1) is 18.5. The first-order valence-electron chi connectivity index (χ1n) is 12.4. The summed E-state index contributed by atoms with van der Waals surface area (Å²) in [6.45, 7) is 2.72. The number of nitrogens with zero attached hydrogens (tertiary/aromatic N) is 2. The fraction of sp³-hybridized carbons (Fsp3) is 0.207. The van der Waals surface area contributed by atoms with E-state index < -0.39 is 17.7 Å². The van der Waals surface area contributed by atoms with Gasteiger partial charge >= 0.3 is 5.91 Å². The number of carbonyl (C=O) groups excluding carboxylic acids is 2. The number of anilines is 1. The minimum absolute atomic E-state index is 0.0778. The van der Waals surface area contributed by atoms with Crippen molar-refractivity contribution in [2.24, 2.45) is 0 Å². The number of fused-ring (bicyclic) bond motifs is 2. The molecule has 38 heavy (non-hydrogen) atoms. The van der Waals surface area contributed by atoms with Crippen molar-refractivity contribution in [3.8, 4) is 17.2 Å². The predicted molar refractivity (Wildman–Crippen MR) is 140 cm³/mol. The number of para-hydroxylation sites is 2. The monoisotopic (exact) mass is 511 g/mol. The second kappa shape index (κ2) is 9.26. The number of amides is 1. The van der Waals surface area contributed by atoms with Crippen LogP contribution in [0.2, 0.25) is 0 Å². The molecule has 0 aliphatic carbocycles. The van der Waals surface area contributed by atoms with Crippen LogP contribution in [-0.2, 0) is 16.0 Å². The Balaban J connectivity index is 1.55. The average Bonchev–Trinajstić information content (AvgIpc) is 3.47. The lowest BCUT2D eigenvalue weighted by Crippen LogP contribution is -2.30. The minimum Gasteiger partial charge on any atom is -0.507 e. The lowest BCUT2D eigenvalue weighted by Gasteiger charge is -2.24. The van der Waals surface area contributed by atoms with E-state index in [0.717, 1.165) is 24.2 Å². The molecule has 1 unspecified atom stereocenters. The number of ether oxygens (including phenoxy) is 2. The lowest BCUT2D eigenvalue weighted by atomic mass is 9.94. The highest BCUT2D eigenvalue weighted by Gasteiger charge is 2.48. The normalized spacial score (nSPS) is 18.4. The number of aromatic hydroxyl groups is 1. The van der Waals surface area contributed by atoms with Crippen molar-refractivity contribution in [1.29, 1.82) is 0 Å². The molecule has 2 aliphatic rings. The number of hydrogen-bond acceptors (Lipinski definition) is 7. The molecule has 0 saturated carbocycles. The van der Waals surface area contributed by atoms with Gasteiger partial charge in [-0.25, -0.2) is 4.98 Å². The number of H-pyrrole nitrogens is 1. The van der Waals surface area contributed by atoms with Crippen molar-refractivity contribution in [3.63, 3.8) is 0 Å². The Morgan fingerprint density at radius 2 is 2.00 bits per heavy atom. The molecule has 6 rings (SSSR count). The molecule has 3 heterocycles. The molecule has 3 aromatic carbocycles. The van der Waals surface area contributed by atoms with Gasteiger partial charge in [0.2, 0.25) is 5.95 Å². The standard InChI is InChI=1S/C29H25N3O6/c1-2-37-23-15-17(9-11-21(23)33)25-24(26(34)18-10-12-22-16(14-18)6-5-13-38-22)27(35)28(36)32(25)29-30-19-7-3-4-8-20(19)31-29/h3-4,7-12,14-15,25,33-34H,2,5-6,13H2,1H3,(H,30,31)/b26-24+. The van der Waals surface area contributed by atoms with E-state index in [0.29, 0.717) is 35.4 Å². The van der Waals surface area contributed by atoms with Crippen molar-refractivity contribution in [3.05, 3.63) is 82.9 Å². The van der Waals surface area contributed by atoms with Gasteiger partial charge in [0.05, 0.1) is 35.9 Å². The third-order valence-corrected chi connectivity index (χ3v) is 6.83. The smallest absolute Gasteiger partial charge is 0.302 e. The number of benzene rings is 3. The average molecular weight is 512 g/mol. The SMILES string of the molecule is CCOc1cc(C2/C(=C(\O)c3ccc4c(c3)CCCO4)C(=O)C(=O)N2c2nc3ccccc3[nH]2)ccc1O. The molecule has 4 aromatic rings. The van der Waals surface area contributed by atoms with E-state index >= 15 is 0 Å². The van der Waals surface area contributed by atoms with Crippen molar-refractivity contribution >= 4 is 34.4 Å². The van der Waals surface area contributed by atoms with Gasteiger partial charge in [0.15, 0.2) is 11.5 Å². The molecule has 1 aromatic heterocycles. The molecular formula is C29H25N3O6. The van der Waals surface area contributed by atoms with E-state index in [1.165, 1.54) is 11.0 Å². The summed E-state index contributed by atoms with van der Waals surface area (Å²) in [5, 5.41) is 21.8. The quantitative estimate of drug-likeness (QED) is 0.203. The number of phenols is 1. The van der Waals surface area contributed by atoms with Crippen molar-refractivity contribution in [2.45, 2.75) is 25.8 Å². The minimum atomic E-state index is -1.03. The first kappa shape index (κ1) is 23.6. The number of hydrogen-bond donors (Lipinski definition) is 3. The molecule has 0 spiro atoms. The largest absolute Gasteiger partial charge is 0.507 e. The van der Waals surface area contributed by atoms with Gasteiger partial charge in [-0.2, -0.15) is 0 Å². The number of imidazole rings is 1. The zero-order chi connectivity index (χ0) is 26.4. The highest BCUT2D eigenvalue weighted by molar-refractivity contribution is 6.51. The Morgan fingerprint density at radius 3 is 2.82 bits per heavy atom. The Kier molecular flexibility index (Phi) is 5.75. The number of Topliss-reactive ketones (excluding diaryl/α,β-unsaturated/α-hetero) is 1. The zero-order valence-corrected chi connectivity index (χ0v) is 20.6. The molecule has 1 atom stereocenters. The fourth-order valence-corrected chi connectivity index (χ4v) is 5.05. The van der Waals surface area contributed by atoms with Crippen molar-refractivity contribution in [1.82, 2.24) is 9.97 Å². The van der Waals surface area contributed by atoms with Crippen LogP contribution >= 0.6 is 0 Å². The number of phenolic OH excluding ortho intramolecular Hbond substituents is 1. The Labute approximate surface area is 218 Å². The van der Waals surface area contributed by atoms with Gasteiger partial charge in [-0.05, 0) is 73.4 Å². The zero-order valence-electron chi connectivity index (χ0n) is 20.6. The van der Waals surface area contributed by atoms with E-state index in [9.17, 15) is 19.8 Å². The molecule has 1 saturated heterocycles. The van der Waals surface area contributed by atoms with Crippen LogP contribution in [0.15, 0.2) is 66.2 Å². The summed E-state index contributed by atoms with van der Waals surface area (Å²) in [6.07, 6.45) is 1.63. The molecular weight excluding hydrogens is 486 g/mol. The third-order valence-electron chi connectivity index (χ3n) is 6.83. The number of nitrogens with one attached hydrogen (secondary N) is 1. The predicted octanol–water partition coefficient (Wildman–Crippen LogP) is 4.62. The van der Waals surface area contributed by atoms with Crippen LogP contribution in [0.3, 0.4) is 0 Å². The van der Waals surface area contributed by atoms with Crippen LogP contribution in [0.1, 0.15) is 36.1 Å². The molecule has 3 N–H and O–H groups in total. The third kappa shape index (κ3) is 3.83.